The van der Waals surface area contributed by atoms with E-state index in [0.717, 1.165) is 186 Å². The van der Waals surface area contributed by atoms with Crippen LogP contribution in [0.3, 0.4) is 0 Å². The Hall–Kier alpha value is -5.84. The lowest BCUT2D eigenvalue weighted by Gasteiger charge is -2.21. The molecule has 0 rings (SSSR count). The van der Waals surface area contributed by atoms with E-state index in [9.17, 15) is 43.2 Å². The summed E-state index contributed by atoms with van der Waals surface area (Å²) in [5.41, 5.74) is 0. The van der Waals surface area contributed by atoms with Crippen LogP contribution in [-0.2, 0) is 65.4 Å². The van der Waals surface area contributed by atoms with Crippen molar-refractivity contribution >= 4 is 39.5 Å². The highest BCUT2D eigenvalue weighted by molar-refractivity contribution is 7.47. The minimum Gasteiger partial charge on any atom is -0.462 e. The van der Waals surface area contributed by atoms with Crippen LogP contribution >= 0.6 is 15.6 Å². The van der Waals surface area contributed by atoms with Crippen molar-refractivity contribution in [1.29, 1.82) is 0 Å². The van der Waals surface area contributed by atoms with Crippen molar-refractivity contribution in [2.45, 2.75) is 290 Å². The van der Waals surface area contributed by atoms with Crippen LogP contribution in [0.1, 0.15) is 272 Å². The van der Waals surface area contributed by atoms with Crippen molar-refractivity contribution in [2.75, 3.05) is 39.6 Å². The molecule has 0 aliphatic heterocycles. The molecule has 0 saturated carbocycles. The van der Waals surface area contributed by atoms with Gasteiger partial charge in [-0.3, -0.25) is 37.3 Å². The summed E-state index contributed by atoms with van der Waals surface area (Å²) in [7, 11) is -10.0. The number of phosphoric ester groups is 2. The molecule has 19 heteroatoms. The van der Waals surface area contributed by atoms with E-state index in [1.54, 1.807) is 0 Å². The van der Waals surface area contributed by atoms with Crippen molar-refractivity contribution in [1.82, 2.24) is 0 Å². The average molecular weight is 1490 g/mol. The van der Waals surface area contributed by atoms with Crippen molar-refractivity contribution < 1.29 is 80.2 Å². The summed E-state index contributed by atoms with van der Waals surface area (Å²) in [6.45, 7) is 4.30. The third-order valence-corrected chi connectivity index (χ3v) is 17.2. The normalized spacial score (nSPS) is 14.9. The van der Waals surface area contributed by atoms with Gasteiger partial charge in [0.25, 0.3) is 0 Å². The van der Waals surface area contributed by atoms with Gasteiger partial charge in [0.1, 0.15) is 19.3 Å². The minimum atomic E-state index is -5.01. The second-order valence-corrected chi connectivity index (χ2v) is 28.1. The Balaban J connectivity index is 5.48. The molecule has 0 aliphatic rings. The molecule has 0 bridgehead atoms. The van der Waals surface area contributed by atoms with Crippen molar-refractivity contribution in [3.05, 3.63) is 182 Å². The van der Waals surface area contributed by atoms with Gasteiger partial charge < -0.3 is 33.8 Å². The predicted molar refractivity (Wildman–Crippen MR) is 426 cm³/mol. The molecule has 3 N–H and O–H groups in total. The van der Waals surface area contributed by atoms with Crippen LogP contribution in [0.2, 0.25) is 0 Å². The van der Waals surface area contributed by atoms with E-state index in [-0.39, 0.29) is 25.7 Å². The number of carbonyl (C=O) groups is 4. The first-order valence-corrected chi connectivity index (χ1v) is 42.0. The third-order valence-electron chi connectivity index (χ3n) is 15.3. The molecule has 0 aromatic rings. The zero-order valence-corrected chi connectivity index (χ0v) is 65.9. The monoisotopic (exact) mass is 1490 g/mol. The Morgan fingerprint density at radius 2 is 0.510 bits per heavy atom. The molecule has 0 amide bonds. The van der Waals surface area contributed by atoms with Gasteiger partial charge in [0.2, 0.25) is 0 Å². The molecule has 0 radical (unpaired) electrons. The summed E-state index contributed by atoms with van der Waals surface area (Å²) >= 11 is 0. The van der Waals surface area contributed by atoms with E-state index in [0.29, 0.717) is 32.1 Å². The second-order valence-electron chi connectivity index (χ2n) is 25.1. The van der Waals surface area contributed by atoms with Gasteiger partial charge in [-0.05, 0) is 167 Å². The highest BCUT2D eigenvalue weighted by Gasteiger charge is 2.30. The van der Waals surface area contributed by atoms with Crippen molar-refractivity contribution in [3.63, 3.8) is 0 Å². The quantitative estimate of drug-likeness (QED) is 0.0169. The van der Waals surface area contributed by atoms with Gasteiger partial charge in [0, 0.05) is 25.7 Å². The Bertz CT molecular complexity index is 2690. The Morgan fingerprint density at radius 3 is 0.808 bits per heavy atom. The zero-order valence-electron chi connectivity index (χ0n) is 64.1. The lowest BCUT2D eigenvalue weighted by Crippen LogP contribution is -2.30. The first-order valence-electron chi connectivity index (χ1n) is 39.0. The number of aliphatic hydroxyl groups is 1. The first kappa shape index (κ1) is 98.2. The predicted octanol–water partition coefficient (Wildman–Crippen LogP) is 22.8. The van der Waals surface area contributed by atoms with Gasteiger partial charge in [0.05, 0.1) is 26.4 Å². The molecule has 0 saturated heterocycles. The first-order chi connectivity index (χ1) is 50.7. The molecule has 0 fully saturated rings. The maximum atomic E-state index is 13.1. The number of unbranched alkanes of at least 4 members (excludes halogenated alkanes) is 15. The van der Waals surface area contributed by atoms with E-state index < -0.39 is 97.5 Å². The zero-order chi connectivity index (χ0) is 76.0. The Morgan fingerprint density at radius 1 is 0.279 bits per heavy atom. The molecule has 0 heterocycles. The van der Waals surface area contributed by atoms with Crippen molar-refractivity contribution in [2.24, 2.45) is 0 Å². The number of aliphatic hydroxyl groups excluding tert-OH is 1. The number of ether oxygens (including phenoxy) is 4. The van der Waals surface area contributed by atoms with E-state index in [1.807, 2.05) is 12.2 Å². The summed E-state index contributed by atoms with van der Waals surface area (Å²) in [6, 6.07) is 0. The SMILES string of the molecule is CC/C=C\C/C=C\C/C=C\C/C=C\C/C=C\CCCC(=O)OCC(COP(=O)(O)OCC(O)COP(=O)(O)OCC(COC(=O)CCCCCC/C=C\C/C=C\C/C=C\C/C=C\CC)OC(=O)CCCCCCC/C=C\C/C=C\CCC)OC(=O)CCCCCC/C=C\C/C=C\C/C=C\C/C=C\CC. The number of hydrogen-bond acceptors (Lipinski definition) is 15. The molecule has 104 heavy (non-hydrogen) atoms. The Kier molecular flexibility index (Phi) is 71.2. The number of rotatable bonds is 71. The van der Waals surface area contributed by atoms with Gasteiger partial charge >= 0.3 is 39.5 Å². The highest BCUT2D eigenvalue weighted by atomic mass is 31.2. The summed E-state index contributed by atoms with van der Waals surface area (Å²) in [6.07, 6.45) is 90.3. The number of esters is 4. The number of phosphoric acid groups is 2. The molecule has 17 nitrogen and oxygen atoms in total. The molecular weight excluding hydrogens is 1350 g/mol. The van der Waals surface area contributed by atoms with Crippen LogP contribution in [0.25, 0.3) is 0 Å². The fourth-order valence-corrected chi connectivity index (χ4v) is 11.1. The van der Waals surface area contributed by atoms with E-state index in [1.165, 1.54) is 0 Å². The third kappa shape index (κ3) is 74.4. The average Bonchev–Trinajstić information content (AvgIpc) is 0.910. The minimum absolute atomic E-state index is 0.0467. The van der Waals surface area contributed by atoms with Crippen molar-refractivity contribution in [3.8, 4) is 0 Å². The number of carbonyl (C=O) groups excluding carboxylic acids is 4. The molecule has 5 atom stereocenters. The van der Waals surface area contributed by atoms with Crippen LogP contribution in [0.4, 0.5) is 0 Å². The standard InChI is InChI=1S/C85H136O17P2/c1-5-9-13-17-21-25-29-33-36-39-42-46-49-53-57-61-65-69-82(87)95-75-80(101-84(89)71-67-63-59-55-51-45-32-28-24-20-16-12-8-4)77-99-103(91,92)97-73-79(86)74-98-104(93,94)100-78-81(102-85(90)72-68-64-60-56-52-48-44-41-38-35-31-27-23-19-15-11-7-3)76-96-83(88)70-66-62-58-54-50-47-43-40-37-34-30-26-22-18-14-10-6-2/h9-11,13-16,20-23,25-28,32-38,42-44,46-48,54,58,79-81,86H,5-8,12,17-19,24,29-31,39-41,45,49-53,55-57,59-78H2,1-4H3,(H,91,92)(H,93,94)/b13-9-,14-10-,15-11-,20-16-,25-21-,26-22-,27-23-,32-28-,36-33-,37-34-,38-35-,46-42-,47-43-,48-44-,58-54-. The number of hydrogen-bond donors (Lipinski definition) is 3. The van der Waals surface area contributed by atoms with Gasteiger partial charge in [-0.2, -0.15) is 0 Å². The molecule has 0 aromatic heterocycles. The lowest BCUT2D eigenvalue weighted by atomic mass is 10.1. The second kappa shape index (κ2) is 75.4. The fourth-order valence-electron chi connectivity index (χ4n) is 9.51. The van der Waals surface area contributed by atoms with Gasteiger partial charge in [-0.1, -0.05) is 261 Å². The maximum Gasteiger partial charge on any atom is 0.472 e. The van der Waals surface area contributed by atoms with Crippen LogP contribution in [0.15, 0.2) is 182 Å². The van der Waals surface area contributed by atoms with Crippen LogP contribution in [0.5, 0.6) is 0 Å². The van der Waals surface area contributed by atoms with Crippen LogP contribution < -0.4 is 0 Å². The summed E-state index contributed by atoms with van der Waals surface area (Å²) in [5, 5.41) is 10.6. The summed E-state index contributed by atoms with van der Waals surface area (Å²) in [5.74, 6) is -2.33. The molecule has 0 aliphatic carbocycles. The lowest BCUT2D eigenvalue weighted by molar-refractivity contribution is -0.161. The molecule has 588 valence electrons. The van der Waals surface area contributed by atoms with E-state index in [2.05, 4.69) is 198 Å². The topological polar surface area (TPSA) is 237 Å². The molecule has 0 aromatic carbocycles. The van der Waals surface area contributed by atoms with Gasteiger partial charge in [0.15, 0.2) is 12.2 Å². The largest absolute Gasteiger partial charge is 0.472 e. The summed E-state index contributed by atoms with van der Waals surface area (Å²) < 4.78 is 68.5. The number of allylic oxidation sites excluding steroid dienone is 30. The highest BCUT2D eigenvalue weighted by Crippen LogP contribution is 2.45. The summed E-state index contributed by atoms with van der Waals surface area (Å²) in [4.78, 5) is 73.0. The molecule has 5 unspecified atom stereocenters. The molecule has 0 spiro atoms. The van der Waals surface area contributed by atoms with E-state index >= 15 is 0 Å². The van der Waals surface area contributed by atoms with Crippen LogP contribution in [-0.4, -0.2) is 96.7 Å². The fraction of sp³-hybridized carbons (Fsp3) is 0.600. The Labute approximate surface area is 628 Å². The van der Waals surface area contributed by atoms with Gasteiger partial charge in [-0.15, -0.1) is 0 Å². The van der Waals surface area contributed by atoms with E-state index in [4.69, 9.17) is 37.0 Å². The molecular formula is C85H136O17P2. The smallest absolute Gasteiger partial charge is 0.462 e. The van der Waals surface area contributed by atoms with Gasteiger partial charge in [-0.25, -0.2) is 9.13 Å². The van der Waals surface area contributed by atoms with Crippen LogP contribution in [0, 0.1) is 0 Å². The maximum absolute atomic E-state index is 13.1.